The van der Waals surface area contributed by atoms with Crippen LogP contribution < -0.4 is 10.1 Å². The van der Waals surface area contributed by atoms with Gasteiger partial charge in [-0.2, -0.15) is 0 Å². The van der Waals surface area contributed by atoms with Gasteiger partial charge in [0.25, 0.3) is 0 Å². The summed E-state index contributed by atoms with van der Waals surface area (Å²) in [5, 5.41) is 4.29. The molecular formula is C14H20ClNO. The second-order valence-electron chi connectivity index (χ2n) is 4.67. The van der Waals surface area contributed by atoms with E-state index in [2.05, 4.69) is 12.2 Å². The van der Waals surface area contributed by atoms with Crippen molar-refractivity contribution in [2.75, 3.05) is 13.2 Å². The van der Waals surface area contributed by atoms with E-state index >= 15 is 0 Å². The van der Waals surface area contributed by atoms with Crippen molar-refractivity contribution in [2.45, 2.75) is 32.2 Å². The predicted molar refractivity (Wildman–Crippen MR) is 71.8 cm³/mol. The fraction of sp³-hybridized carbons (Fsp3) is 0.571. The molecule has 0 radical (unpaired) electrons. The molecule has 1 aliphatic rings. The van der Waals surface area contributed by atoms with Gasteiger partial charge in [0.15, 0.2) is 0 Å². The van der Waals surface area contributed by atoms with Gasteiger partial charge < -0.3 is 10.1 Å². The molecule has 1 aromatic rings. The summed E-state index contributed by atoms with van der Waals surface area (Å²) < 4.78 is 5.80. The van der Waals surface area contributed by atoms with Crippen molar-refractivity contribution in [2.24, 2.45) is 5.92 Å². The van der Waals surface area contributed by atoms with Crippen LogP contribution in [0, 0.1) is 5.92 Å². The molecule has 0 aromatic heterocycles. The Balaban J connectivity index is 1.82. The minimum absolute atomic E-state index is 0.494. The van der Waals surface area contributed by atoms with Crippen LogP contribution in [0.1, 0.15) is 26.2 Å². The van der Waals surface area contributed by atoms with Gasteiger partial charge in [0.1, 0.15) is 12.4 Å². The highest BCUT2D eigenvalue weighted by Gasteiger charge is 2.31. The minimum atomic E-state index is 0.494. The van der Waals surface area contributed by atoms with Crippen LogP contribution >= 0.6 is 11.6 Å². The summed E-state index contributed by atoms with van der Waals surface area (Å²) in [7, 11) is 0. The molecule has 1 aliphatic carbocycles. The molecule has 3 heteroatoms. The lowest BCUT2D eigenvalue weighted by Gasteiger charge is -2.18. The highest BCUT2D eigenvalue weighted by molar-refractivity contribution is 6.30. The van der Waals surface area contributed by atoms with E-state index in [-0.39, 0.29) is 0 Å². The summed E-state index contributed by atoms with van der Waals surface area (Å²) in [4.78, 5) is 0. The van der Waals surface area contributed by atoms with Crippen LogP contribution in [0.25, 0.3) is 0 Å². The maximum absolute atomic E-state index is 5.92. The SMILES string of the molecule is CCCNC(COc1cccc(Cl)c1)C1CC1. The van der Waals surface area contributed by atoms with Crippen LogP contribution in [0.15, 0.2) is 24.3 Å². The van der Waals surface area contributed by atoms with Crippen molar-refractivity contribution >= 4 is 11.6 Å². The van der Waals surface area contributed by atoms with Crippen molar-refractivity contribution in [3.05, 3.63) is 29.3 Å². The Kier molecular flexibility index (Phi) is 4.69. The summed E-state index contributed by atoms with van der Waals surface area (Å²) in [5.41, 5.74) is 0. The lowest BCUT2D eigenvalue weighted by molar-refractivity contribution is 0.249. The Morgan fingerprint density at radius 1 is 1.47 bits per heavy atom. The number of hydrogen-bond donors (Lipinski definition) is 1. The number of hydrogen-bond acceptors (Lipinski definition) is 2. The summed E-state index contributed by atoms with van der Waals surface area (Å²) >= 11 is 5.92. The molecule has 0 saturated heterocycles. The van der Waals surface area contributed by atoms with Crippen LogP contribution in [0.5, 0.6) is 5.75 Å². The zero-order valence-electron chi connectivity index (χ0n) is 10.3. The van der Waals surface area contributed by atoms with Crippen LogP contribution in [-0.2, 0) is 0 Å². The molecular weight excluding hydrogens is 234 g/mol. The van der Waals surface area contributed by atoms with Gasteiger partial charge in [-0.05, 0) is 49.9 Å². The molecule has 0 bridgehead atoms. The third kappa shape index (κ3) is 4.21. The van der Waals surface area contributed by atoms with Gasteiger partial charge in [-0.15, -0.1) is 0 Å². The zero-order chi connectivity index (χ0) is 12.1. The normalized spacial score (nSPS) is 16.8. The Morgan fingerprint density at radius 3 is 2.94 bits per heavy atom. The van der Waals surface area contributed by atoms with Gasteiger partial charge in [-0.1, -0.05) is 24.6 Å². The minimum Gasteiger partial charge on any atom is -0.492 e. The smallest absolute Gasteiger partial charge is 0.120 e. The lowest BCUT2D eigenvalue weighted by Crippen LogP contribution is -2.37. The maximum Gasteiger partial charge on any atom is 0.120 e. The van der Waals surface area contributed by atoms with E-state index in [9.17, 15) is 0 Å². The second kappa shape index (κ2) is 6.27. The molecule has 2 rings (SSSR count). The van der Waals surface area contributed by atoms with Crippen molar-refractivity contribution in [3.63, 3.8) is 0 Å². The fourth-order valence-corrected chi connectivity index (χ4v) is 2.11. The molecule has 1 fully saturated rings. The topological polar surface area (TPSA) is 21.3 Å². The first kappa shape index (κ1) is 12.7. The van der Waals surface area contributed by atoms with E-state index in [1.165, 1.54) is 19.3 Å². The number of halogens is 1. The molecule has 0 heterocycles. The second-order valence-corrected chi connectivity index (χ2v) is 5.10. The van der Waals surface area contributed by atoms with Gasteiger partial charge >= 0.3 is 0 Å². The van der Waals surface area contributed by atoms with E-state index in [1.807, 2.05) is 24.3 Å². The van der Waals surface area contributed by atoms with E-state index in [4.69, 9.17) is 16.3 Å². The first-order valence-electron chi connectivity index (χ1n) is 6.41. The average molecular weight is 254 g/mol. The predicted octanol–water partition coefficient (Wildman–Crippen LogP) is 3.50. The van der Waals surface area contributed by atoms with Gasteiger partial charge in [0.05, 0.1) is 0 Å². The fourth-order valence-electron chi connectivity index (χ4n) is 1.93. The molecule has 1 saturated carbocycles. The maximum atomic E-state index is 5.92. The van der Waals surface area contributed by atoms with Crippen LogP contribution in [-0.4, -0.2) is 19.2 Å². The number of benzene rings is 1. The van der Waals surface area contributed by atoms with Crippen molar-refractivity contribution in [1.29, 1.82) is 0 Å². The van der Waals surface area contributed by atoms with Crippen LogP contribution in [0.4, 0.5) is 0 Å². The highest BCUT2D eigenvalue weighted by Crippen LogP contribution is 2.33. The summed E-state index contributed by atoms with van der Waals surface area (Å²) in [6.45, 7) is 4.00. The molecule has 1 aromatic carbocycles. The van der Waals surface area contributed by atoms with Gasteiger partial charge in [-0.3, -0.25) is 0 Å². The summed E-state index contributed by atoms with van der Waals surface area (Å²) in [6, 6.07) is 8.10. The van der Waals surface area contributed by atoms with E-state index in [0.29, 0.717) is 6.04 Å². The standard InChI is InChI=1S/C14H20ClNO/c1-2-8-16-14(11-6-7-11)10-17-13-5-3-4-12(15)9-13/h3-5,9,11,14,16H,2,6-8,10H2,1H3. The molecule has 2 nitrogen and oxygen atoms in total. The first-order valence-corrected chi connectivity index (χ1v) is 6.79. The van der Waals surface area contributed by atoms with Gasteiger partial charge in [0.2, 0.25) is 0 Å². The Hall–Kier alpha value is -0.730. The van der Waals surface area contributed by atoms with E-state index in [1.54, 1.807) is 0 Å². The quantitative estimate of drug-likeness (QED) is 0.803. The Bertz CT molecular complexity index is 352. The zero-order valence-corrected chi connectivity index (χ0v) is 11.0. The lowest BCUT2D eigenvalue weighted by atomic mass is 10.2. The Morgan fingerprint density at radius 2 is 2.29 bits per heavy atom. The van der Waals surface area contributed by atoms with Gasteiger partial charge in [-0.25, -0.2) is 0 Å². The van der Waals surface area contributed by atoms with E-state index < -0.39 is 0 Å². The number of nitrogens with one attached hydrogen (secondary N) is 1. The highest BCUT2D eigenvalue weighted by atomic mass is 35.5. The third-order valence-corrected chi connectivity index (χ3v) is 3.31. The molecule has 0 spiro atoms. The number of rotatable bonds is 7. The molecule has 94 valence electrons. The largest absolute Gasteiger partial charge is 0.492 e. The molecule has 17 heavy (non-hydrogen) atoms. The van der Waals surface area contributed by atoms with Gasteiger partial charge in [0, 0.05) is 11.1 Å². The molecule has 1 atom stereocenters. The van der Waals surface area contributed by atoms with Crippen molar-refractivity contribution in [3.8, 4) is 5.75 Å². The third-order valence-electron chi connectivity index (χ3n) is 3.07. The van der Waals surface area contributed by atoms with Crippen LogP contribution in [0.3, 0.4) is 0 Å². The molecule has 0 amide bonds. The first-order chi connectivity index (χ1) is 8.29. The van der Waals surface area contributed by atoms with E-state index in [0.717, 1.165) is 29.8 Å². The van der Waals surface area contributed by atoms with Crippen molar-refractivity contribution < 1.29 is 4.74 Å². The monoisotopic (exact) mass is 253 g/mol. The summed E-state index contributed by atoms with van der Waals surface area (Å²) in [5.74, 6) is 1.67. The molecule has 1 unspecified atom stereocenters. The Labute approximate surface area is 108 Å². The average Bonchev–Trinajstić information content (AvgIpc) is 3.13. The van der Waals surface area contributed by atoms with Crippen LogP contribution in [0.2, 0.25) is 5.02 Å². The van der Waals surface area contributed by atoms with Crippen molar-refractivity contribution in [1.82, 2.24) is 5.32 Å². The molecule has 1 N–H and O–H groups in total. The summed E-state index contributed by atoms with van der Waals surface area (Å²) in [6.07, 6.45) is 3.83. The molecule has 0 aliphatic heterocycles. The number of ether oxygens (including phenoxy) is 1.